The number of hydrogen-bond acceptors (Lipinski definition) is 4. The molecule has 0 spiro atoms. The zero-order valence-corrected chi connectivity index (χ0v) is 16.9. The van der Waals surface area contributed by atoms with Gasteiger partial charge >= 0.3 is 0 Å². The Morgan fingerprint density at radius 3 is 2.41 bits per heavy atom. The lowest BCUT2D eigenvalue weighted by Gasteiger charge is -2.18. The summed E-state index contributed by atoms with van der Waals surface area (Å²) in [4.78, 5) is 24.9. The molecule has 1 atom stereocenters. The Hall–Kier alpha value is -2.27. The number of phenolic OH excluding ortho intramolecular Hbond substituents is 1. The molecule has 27 heavy (non-hydrogen) atoms. The lowest BCUT2D eigenvalue weighted by molar-refractivity contribution is -0.122. The van der Waals surface area contributed by atoms with E-state index in [9.17, 15) is 14.7 Å². The molecule has 3 N–H and O–H groups in total. The average molecular weight is 471 g/mol. The van der Waals surface area contributed by atoms with Crippen molar-refractivity contribution in [3.05, 3.63) is 62.0 Å². The molecule has 0 aliphatic rings. The third kappa shape index (κ3) is 5.36. The average Bonchev–Trinajstić information content (AvgIpc) is 2.64. The van der Waals surface area contributed by atoms with E-state index < -0.39 is 11.8 Å². The number of carbonyl (C=O) groups is 2. The number of benzene rings is 2. The first-order chi connectivity index (χ1) is 12.8. The van der Waals surface area contributed by atoms with Gasteiger partial charge in [-0.05, 0) is 45.8 Å². The van der Waals surface area contributed by atoms with E-state index in [0.29, 0.717) is 15.6 Å². The maximum absolute atomic E-state index is 12.5. The van der Waals surface area contributed by atoms with Crippen molar-refractivity contribution in [1.29, 1.82) is 5.26 Å². The summed E-state index contributed by atoms with van der Waals surface area (Å²) in [6, 6.07) is 11.5. The molecule has 6 nitrogen and oxygen atoms in total. The predicted molar refractivity (Wildman–Crippen MR) is 106 cm³/mol. The van der Waals surface area contributed by atoms with Crippen molar-refractivity contribution >= 4 is 50.9 Å². The fourth-order valence-electron chi connectivity index (χ4n) is 2.33. The minimum atomic E-state index is -0.861. The van der Waals surface area contributed by atoms with Gasteiger partial charge in [0.1, 0.15) is 6.54 Å². The summed E-state index contributed by atoms with van der Waals surface area (Å²) in [5.41, 5.74) is 0.807. The zero-order chi connectivity index (χ0) is 20.0. The van der Waals surface area contributed by atoms with E-state index in [-0.39, 0.29) is 34.8 Å². The van der Waals surface area contributed by atoms with Crippen LogP contribution < -0.4 is 10.6 Å². The standard InChI is InChI=1S/C18H14BrCl2N3O3/c19-13-4-2-1-3-11(13)17(26)24-9-12(18(27)23-6-5-22)10-7-14(20)16(25)15(21)8-10/h1-4,7-8,12,25H,6,9H2,(H,23,27)(H,24,26). The van der Waals surface area contributed by atoms with Crippen molar-refractivity contribution in [2.45, 2.75) is 5.92 Å². The molecule has 0 aliphatic heterocycles. The molecular formula is C18H14BrCl2N3O3. The second kappa shape index (κ2) is 9.60. The third-order valence-corrected chi connectivity index (χ3v) is 4.95. The summed E-state index contributed by atoms with van der Waals surface area (Å²) in [6.45, 7) is -0.248. The number of carbonyl (C=O) groups excluding carboxylic acids is 2. The molecular weight excluding hydrogens is 457 g/mol. The highest BCUT2D eigenvalue weighted by molar-refractivity contribution is 9.10. The normalized spacial score (nSPS) is 11.3. The number of nitriles is 1. The first kappa shape index (κ1) is 21.0. The van der Waals surface area contributed by atoms with Gasteiger partial charge in [-0.2, -0.15) is 5.26 Å². The SMILES string of the molecule is N#CCNC(=O)C(CNC(=O)c1ccccc1Br)c1cc(Cl)c(O)c(Cl)c1. The van der Waals surface area contributed by atoms with Crippen LogP contribution in [-0.4, -0.2) is 30.0 Å². The second-order valence-electron chi connectivity index (χ2n) is 5.45. The predicted octanol–water partition coefficient (Wildman–Crippen LogP) is 3.61. The van der Waals surface area contributed by atoms with E-state index in [4.69, 9.17) is 28.5 Å². The lowest BCUT2D eigenvalue weighted by Crippen LogP contribution is -2.37. The van der Waals surface area contributed by atoms with Gasteiger partial charge in [0.2, 0.25) is 5.91 Å². The number of nitrogens with zero attached hydrogens (tertiary/aromatic N) is 1. The minimum Gasteiger partial charge on any atom is -0.505 e. The number of aromatic hydroxyl groups is 1. The Bertz CT molecular complexity index is 892. The molecule has 0 aromatic heterocycles. The Balaban J connectivity index is 2.26. The third-order valence-electron chi connectivity index (χ3n) is 3.68. The molecule has 2 amide bonds. The first-order valence-electron chi connectivity index (χ1n) is 7.70. The number of phenols is 1. The van der Waals surface area contributed by atoms with Gasteiger partial charge in [0, 0.05) is 11.0 Å². The van der Waals surface area contributed by atoms with E-state index in [0.717, 1.165) is 0 Å². The van der Waals surface area contributed by atoms with Crippen molar-refractivity contribution in [2.75, 3.05) is 13.1 Å². The molecule has 0 radical (unpaired) electrons. The van der Waals surface area contributed by atoms with E-state index in [2.05, 4.69) is 26.6 Å². The second-order valence-corrected chi connectivity index (χ2v) is 7.12. The highest BCUT2D eigenvalue weighted by Gasteiger charge is 2.24. The van der Waals surface area contributed by atoms with Crippen LogP contribution in [0, 0.1) is 11.3 Å². The monoisotopic (exact) mass is 469 g/mol. The van der Waals surface area contributed by atoms with Crippen molar-refractivity contribution in [3.63, 3.8) is 0 Å². The summed E-state index contributed by atoms with van der Waals surface area (Å²) in [6.07, 6.45) is 0. The molecule has 2 aromatic rings. The summed E-state index contributed by atoms with van der Waals surface area (Å²) >= 11 is 15.2. The quantitative estimate of drug-likeness (QED) is 0.561. The molecule has 0 saturated heterocycles. The molecule has 2 rings (SSSR count). The van der Waals surface area contributed by atoms with E-state index in [1.807, 2.05) is 6.07 Å². The Morgan fingerprint density at radius 1 is 1.19 bits per heavy atom. The van der Waals surface area contributed by atoms with Crippen molar-refractivity contribution < 1.29 is 14.7 Å². The Labute approximate surface area is 174 Å². The molecule has 2 aromatic carbocycles. The van der Waals surface area contributed by atoms with Gasteiger partial charge < -0.3 is 15.7 Å². The van der Waals surface area contributed by atoms with Crippen LogP contribution in [0.1, 0.15) is 21.8 Å². The molecule has 0 saturated carbocycles. The lowest BCUT2D eigenvalue weighted by atomic mass is 9.97. The number of nitrogens with one attached hydrogen (secondary N) is 2. The van der Waals surface area contributed by atoms with Crippen LogP contribution in [0.15, 0.2) is 40.9 Å². The summed E-state index contributed by atoms with van der Waals surface area (Å²) in [5.74, 6) is -2.02. The molecule has 140 valence electrons. The number of halogens is 3. The highest BCUT2D eigenvalue weighted by atomic mass is 79.9. The summed E-state index contributed by atoms with van der Waals surface area (Å²) in [7, 11) is 0. The minimum absolute atomic E-state index is 0.0206. The molecule has 0 fully saturated rings. The highest BCUT2D eigenvalue weighted by Crippen LogP contribution is 2.35. The maximum Gasteiger partial charge on any atom is 0.252 e. The molecule has 0 aliphatic carbocycles. The number of hydrogen-bond donors (Lipinski definition) is 3. The van der Waals surface area contributed by atoms with Crippen LogP contribution in [0.3, 0.4) is 0 Å². The van der Waals surface area contributed by atoms with Gasteiger partial charge in [-0.1, -0.05) is 35.3 Å². The maximum atomic E-state index is 12.5. The first-order valence-corrected chi connectivity index (χ1v) is 9.25. The molecule has 0 bridgehead atoms. The van der Waals surface area contributed by atoms with Crippen LogP contribution in [0.2, 0.25) is 10.0 Å². The summed E-state index contributed by atoms with van der Waals surface area (Å²) in [5, 5.41) is 23.5. The van der Waals surface area contributed by atoms with Crippen molar-refractivity contribution in [1.82, 2.24) is 10.6 Å². The fraction of sp³-hybridized carbons (Fsp3) is 0.167. The molecule has 9 heteroatoms. The van der Waals surface area contributed by atoms with Gasteiger partial charge in [-0.15, -0.1) is 0 Å². The number of rotatable bonds is 6. The van der Waals surface area contributed by atoms with Crippen molar-refractivity contribution in [3.8, 4) is 11.8 Å². The van der Waals surface area contributed by atoms with Crippen LogP contribution in [0.4, 0.5) is 0 Å². The van der Waals surface area contributed by atoms with Gasteiger partial charge in [0.05, 0.1) is 27.6 Å². The van der Waals surface area contributed by atoms with Gasteiger partial charge in [-0.3, -0.25) is 9.59 Å². The van der Waals surface area contributed by atoms with Crippen LogP contribution >= 0.6 is 39.1 Å². The fourth-order valence-corrected chi connectivity index (χ4v) is 3.30. The zero-order valence-electron chi connectivity index (χ0n) is 13.8. The van der Waals surface area contributed by atoms with Gasteiger partial charge in [-0.25, -0.2) is 0 Å². The van der Waals surface area contributed by atoms with E-state index in [1.54, 1.807) is 24.3 Å². The Morgan fingerprint density at radius 2 is 1.81 bits per heavy atom. The van der Waals surface area contributed by atoms with Crippen LogP contribution in [-0.2, 0) is 4.79 Å². The smallest absolute Gasteiger partial charge is 0.252 e. The molecule has 0 heterocycles. The topological polar surface area (TPSA) is 102 Å². The van der Waals surface area contributed by atoms with Crippen LogP contribution in [0.25, 0.3) is 0 Å². The number of amides is 2. The van der Waals surface area contributed by atoms with Crippen LogP contribution in [0.5, 0.6) is 5.75 Å². The molecule has 1 unspecified atom stereocenters. The van der Waals surface area contributed by atoms with E-state index in [1.165, 1.54) is 12.1 Å². The van der Waals surface area contributed by atoms with E-state index >= 15 is 0 Å². The van der Waals surface area contributed by atoms with Gasteiger partial charge in [0.25, 0.3) is 5.91 Å². The Kier molecular flexibility index (Phi) is 7.48. The van der Waals surface area contributed by atoms with Gasteiger partial charge in [0.15, 0.2) is 5.75 Å². The largest absolute Gasteiger partial charge is 0.505 e. The summed E-state index contributed by atoms with van der Waals surface area (Å²) < 4.78 is 0.615. The van der Waals surface area contributed by atoms with Crippen molar-refractivity contribution in [2.24, 2.45) is 0 Å².